The molecule has 102 valence electrons. The number of rotatable bonds is 1. The summed E-state index contributed by atoms with van der Waals surface area (Å²) in [6, 6.07) is 10.4. The third-order valence-electron chi connectivity index (χ3n) is 4.30. The van der Waals surface area contributed by atoms with Crippen molar-refractivity contribution in [2.45, 2.75) is 38.1 Å². The first-order chi connectivity index (χ1) is 9.83. The lowest BCUT2D eigenvalue weighted by Gasteiger charge is -2.28. The van der Waals surface area contributed by atoms with Crippen LogP contribution in [0, 0.1) is 0 Å². The number of imidazole rings is 1. The number of fused-ring (bicyclic) bond motifs is 3. The van der Waals surface area contributed by atoms with Gasteiger partial charge in [-0.15, -0.1) is 0 Å². The van der Waals surface area contributed by atoms with Gasteiger partial charge in [0, 0.05) is 5.69 Å². The van der Waals surface area contributed by atoms with E-state index in [1.54, 1.807) is 0 Å². The molecular weight excluding hydrogens is 250 g/mol. The van der Waals surface area contributed by atoms with E-state index in [4.69, 9.17) is 0 Å². The van der Waals surface area contributed by atoms with Crippen molar-refractivity contribution in [3.63, 3.8) is 0 Å². The molecule has 4 rings (SSSR count). The Morgan fingerprint density at radius 3 is 2.80 bits per heavy atom. The predicted molar refractivity (Wildman–Crippen MR) is 76.7 cm³/mol. The van der Waals surface area contributed by atoms with E-state index in [1.807, 2.05) is 18.2 Å². The normalized spacial score (nSPS) is 21.0. The number of amides is 1. The Morgan fingerprint density at radius 2 is 1.95 bits per heavy atom. The topological polar surface area (TPSA) is 46.9 Å². The molecule has 1 aromatic carbocycles. The Labute approximate surface area is 117 Å². The number of hydrogen-bond donors (Lipinski definition) is 1. The molecule has 1 amide bonds. The van der Waals surface area contributed by atoms with Gasteiger partial charge in [-0.3, -0.25) is 10.1 Å². The maximum Gasteiger partial charge on any atom is 0.229 e. The molecule has 0 saturated carbocycles. The van der Waals surface area contributed by atoms with Gasteiger partial charge in [0.2, 0.25) is 11.9 Å². The van der Waals surface area contributed by atoms with Crippen molar-refractivity contribution >= 4 is 11.9 Å². The molecule has 0 bridgehead atoms. The van der Waals surface area contributed by atoms with Crippen LogP contribution in [-0.2, 0) is 17.6 Å². The van der Waals surface area contributed by atoms with E-state index in [0.29, 0.717) is 6.42 Å². The summed E-state index contributed by atoms with van der Waals surface area (Å²) in [6.45, 7) is 0. The number of anilines is 1. The highest BCUT2D eigenvalue weighted by molar-refractivity contribution is 5.91. The summed E-state index contributed by atoms with van der Waals surface area (Å²) < 4.78 is 2.26. The zero-order chi connectivity index (χ0) is 13.5. The van der Waals surface area contributed by atoms with Gasteiger partial charge in [-0.1, -0.05) is 30.3 Å². The second-order valence-electron chi connectivity index (χ2n) is 5.58. The predicted octanol–water partition coefficient (Wildman–Crippen LogP) is 2.69. The van der Waals surface area contributed by atoms with Crippen LogP contribution in [0.4, 0.5) is 5.95 Å². The molecule has 1 aliphatic carbocycles. The monoisotopic (exact) mass is 267 g/mol. The lowest BCUT2D eigenvalue weighted by atomic mass is 9.98. The van der Waals surface area contributed by atoms with Gasteiger partial charge < -0.3 is 4.57 Å². The van der Waals surface area contributed by atoms with Gasteiger partial charge in [0.05, 0.1) is 18.2 Å². The van der Waals surface area contributed by atoms with E-state index >= 15 is 0 Å². The molecular formula is C16H17N3O. The van der Waals surface area contributed by atoms with Crippen LogP contribution in [0.1, 0.15) is 42.3 Å². The Hall–Kier alpha value is -2.10. The minimum Gasteiger partial charge on any atom is -0.306 e. The van der Waals surface area contributed by atoms with Crippen molar-refractivity contribution < 1.29 is 4.79 Å². The largest absolute Gasteiger partial charge is 0.306 e. The third kappa shape index (κ3) is 1.75. The van der Waals surface area contributed by atoms with Gasteiger partial charge in [-0.2, -0.15) is 0 Å². The standard InChI is InChI=1S/C16H17N3O/c20-15-10-14(11-6-2-1-3-7-11)19-13-9-5-4-8-12(13)17-16(19)18-15/h1-3,6-7,14H,4-5,8-10H2,(H,17,18,20). The lowest BCUT2D eigenvalue weighted by Crippen LogP contribution is -2.29. The summed E-state index contributed by atoms with van der Waals surface area (Å²) in [5.74, 6) is 0.802. The number of aromatic nitrogens is 2. The first-order valence-electron chi connectivity index (χ1n) is 7.28. The Bertz CT molecular complexity index is 660. The van der Waals surface area contributed by atoms with Crippen LogP contribution in [0.25, 0.3) is 0 Å². The zero-order valence-corrected chi connectivity index (χ0v) is 11.3. The van der Waals surface area contributed by atoms with Crippen molar-refractivity contribution in [1.29, 1.82) is 0 Å². The van der Waals surface area contributed by atoms with Crippen LogP contribution in [0.5, 0.6) is 0 Å². The first kappa shape index (κ1) is 11.7. The lowest BCUT2D eigenvalue weighted by molar-refractivity contribution is -0.117. The molecule has 1 unspecified atom stereocenters. The van der Waals surface area contributed by atoms with E-state index in [0.717, 1.165) is 18.8 Å². The maximum absolute atomic E-state index is 12.0. The quantitative estimate of drug-likeness (QED) is 0.863. The summed E-state index contributed by atoms with van der Waals surface area (Å²) in [4.78, 5) is 16.6. The highest BCUT2D eigenvalue weighted by atomic mass is 16.2. The summed E-state index contributed by atoms with van der Waals surface area (Å²) in [5, 5.41) is 2.93. The molecule has 0 fully saturated rings. The van der Waals surface area contributed by atoms with Crippen LogP contribution in [0.3, 0.4) is 0 Å². The van der Waals surface area contributed by atoms with Gasteiger partial charge in [0.15, 0.2) is 0 Å². The molecule has 1 aliphatic heterocycles. The molecule has 1 N–H and O–H groups in total. The van der Waals surface area contributed by atoms with E-state index in [-0.39, 0.29) is 11.9 Å². The minimum atomic E-state index is 0.0636. The Morgan fingerprint density at radius 1 is 1.15 bits per heavy atom. The molecule has 1 atom stereocenters. The number of hydrogen-bond acceptors (Lipinski definition) is 2. The maximum atomic E-state index is 12.0. The average molecular weight is 267 g/mol. The van der Waals surface area contributed by atoms with E-state index in [2.05, 4.69) is 27.0 Å². The second-order valence-corrected chi connectivity index (χ2v) is 5.58. The highest BCUT2D eigenvalue weighted by Gasteiger charge is 2.31. The summed E-state index contributed by atoms with van der Waals surface area (Å²) in [6.07, 6.45) is 5.02. The minimum absolute atomic E-state index is 0.0636. The van der Waals surface area contributed by atoms with Crippen molar-refractivity contribution in [1.82, 2.24) is 9.55 Å². The van der Waals surface area contributed by atoms with Crippen molar-refractivity contribution in [3.05, 3.63) is 47.3 Å². The van der Waals surface area contributed by atoms with Gasteiger partial charge in [-0.25, -0.2) is 4.98 Å². The van der Waals surface area contributed by atoms with E-state index in [9.17, 15) is 4.79 Å². The number of carbonyl (C=O) groups is 1. The molecule has 2 aliphatic rings. The fraction of sp³-hybridized carbons (Fsp3) is 0.375. The van der Waals surface area contributed by atoms with Gasteiger partial charge in [0.1, 0.15) is 0 Å². The molecule has 2 aromatic rings. The number of nitrogens with zero attached hydrogens (tertiary/aromatic N) is 2. The third-order valence-corrected chi connectivity index (χ3v) is 4.30. The summed E-state index contributed by atoms with van der Waals surface area (Å²) in [7, 11) is 0. The molecule has 0 radical (unpaired) electrons. The molecule has 20 heavy (non-hydrogen) atoms. The summed E-state index contributed by atoms with van der Waals surface area (Å²) in [5.41, 5.74) is 3.68. The van der Waals surface area contributed by atoms with Crippen LogP contribution in [0.2, 0.25) is 0 Å². The molecule has 4 heteroatoms. The van der Waals surface area contributed by atoms with Crippen LogP contribution < -0.4 is 5.32 Å². The molecule has 0 saturated heterocycles. The average Bonchev–Trinajstić information content (AvgIpc) is 2.85. The van der Waals surface area contributed by atoms with Crippen molar-refractivity contribution in [2.75, 3.05) is 5.32 Å². The number of nitrogens with one attached hydrogen (secondary N) is 1. The highest BCUT2D eigenvalue weighted by Crippen LogP contribution is 2.35. The van der Waals surface area contributed by atoms with Crippen molar-refractivity contribution in [3.8, 4) is 0 Å². The van der Waals surface area contributed by atoms with E-state index in [1.165, 1.54) is 29.8 Å². The number of aryl methyl sites for hydroxylation is 1. The van der Waals surface area contributed by atoms with Gasteiger partial charge in [-0.05, 0) is 31.2 Å². The van der Waals surface area contributed by atoms with Gasteiger partial charge in [0.25, 0.3) is 0 Å². The van der Waals surface area contributed by atoms with Crippen molar-refractivity contribution in [2.24, 2.45) is 0 Å². The van der Waals surface area contributed by atoms with Crippen LogP contribution >= 0.6 is 0 Å². The molecule has 0 spiro atoms. The summed E-state index contributed by atoms with van der Waals surface area (Å²) >= 11 is 0. The van der Waals surface area contributed by atoms with E-state index < -0.39 is 0 Å². The fourth-order valence-electron chi connectivity index (χ4n) is 3.37. The molecule has 2 heterocycles. The SMILES string of the molecule is O=C1CC(c2ccccc2)n2c(nc3c2CCCC3)N1. The van der Waals surface area contributed by atoms with Gasteiger partial charge >= 0.3 is 0 Å². The van der Waals surface area contributed by atoms with Crippen LogP contribution in [0.15, 0.2) is 30.3 Å². The fourth-order valence-corrected chi connectivity index (χ4v) is 3.37. The molecule has 1 aromatic heterocycles. The van der Waals surface area contributed by atoms with Crippen LogP contribution in [-0.4, -0.2) is 15.5 Å². The Balaban J connectivity index is 1.87. The second kappa shape index (κ2) is 4.47. The first-order valence-corrected chi connectivity index (χ1v) is 7.28. The Kier molecular flexibility index (Phi) is 2.62. The smallest absolute Gasteiger partial charge is 0.229 e. The zero-order valence-electron chi connectivity index (χ0n) is 11.3. The molecule has 4 nitrogen and oxygen atoms in total. The number of benzene rings is 1. The number of carbonyl (C=O) groups excluding carboxylic acids is 1.